The summed E-state index contributed by atoms with van der Waals surface area (Å²) in [7, 11) is 5.41. The van der Waals surface area contributed by atoms with Crippen LogP contribution in [0, 0.1) is 11.8 Å². The number of likely N-dealkylation sites (N-methyl/N-ethyl adjacent to an activating group) is 1. The van der Waals surface area contributed by atoms with Gasteiger partial charge in [-0.25, -0.2) is 0 Å². The lowest BCUT2D eigenvalue weighted by Gasteiger charge is -2.27. The highest BCUT2D eigenvalue weighted by molar-refractivity contribution is 6.03. The molecule has 0 saturated carbocycles. The molecule has 1 aromatic heterocycles. The van der Waals surface area contributed by atoms with Gasteiger partial charge in [0.2, 0.25) is 0 Å². The lowest BCUT2D eigenvalue weighted by atomic mass is 9.95. The molecule has 0 bridgehead atoms. The van der Waals surface area contributed by atoms with E-state index in [1.807, 2.05) is 24.5 Å². The minimum absolute atomic E-state index is 0.395. The van der Waals surface area contributed by atoms with Crippen molar-refractivity contribution in [2.24, 2.45) is 0 Å². The second kappa shape index (κ2) is 11.5. The molecule has 0 radical (unpaired) electrons. The van der Waals surface area contributed by atoms with Crippen molar-refractivity contribution in [2.45, 2.75) is 25.9 Å². The molecule has 5 rings (SSSR count). The van der Waals surface area contributed by atoms with Crippen molar-refractivity contribution in [2.75, 3.05) is 38.4 Å². The van der Waals surface area contributed by atoms with Crippen LogP contribution in [0.3, 0.4) is 0 Å². The van der Waals surface area contributed by atoms with Gasteiger partial charge in [0.25, 0.3) is 0 Å². The molecule has 2 heterocycles. The molecule has 0 spiro atoms. The van der Waals surface area contributed by atoms with Crippen molar-refractivity contribution in [3.05, 3.63) is 95.4 Å². The molecular formula is C33H34N4O2. The zero-order valence-electron chi connectivity index (χ0n) is 22.9. The molecule has 0 saturated heterocycles. The van der Waals surface area contributed by atoms with Crippen LogP contribution in [0.5, 0.6) is 11.5 Å². The largest absolute Gasteiger partial charge is 0.493 e. The number of fused-ring (bicyclic) bond motifs is 2. The lowest BCUT2D eigenvalue weighted by Crippen LogP contribution is -2.31. The van der Waals surface area contributed by atoms with Gasteiger partial charge in [-0.1, -0.05) is 42.2 Å². The van der Waals surface area contributed by atoms with Crippen molar-refractivity contribution < 1.29 is 9.47 Å². The second-order valence-electron chi connectivity index (χ2n) is 9.89. The average Bonchev–Trinajstić information content (AvgIpc) is 2.97. The van der Waals surface area contributed by atoms with Gasteiger partial charge in [0, 0.05) is 52.6 Å². The lowest BCUT2D eigenvalue weighted by molar-refractivity contribution is 0.287. The summed E-state index contributed by atoms with van der Waals surface area (Å²) in [4.78, 5) is 8.91. The zero-order chi connectivity index (χ0) is 27.4. The minimum Gasteiger partial charge on any atom is -0.493 e. The van der Waals surface area contributed by atoms with Crippen LogP contribution in [0.1, 0.15) is 29.2 Å². The second-order valence-corrected chi connectivity index (χ2v) is 9.89. The molecule has 1 atom stereocenters. The van der Waals surface area contributed by atoms with Crippen molar-refractivity contribution in [3.63, 3.8) is 0 Å². The number of pyridine rings is 1. The van der Waals surface area contributed by atoms with E-state index in [0.717, 1.165) is 45.3 Å². The maximum atomic E-state index is 6.61. The van der Waals surface area contributed by atoms with E-state index in [0.29, 0.717) is 30.6 Å². The number of nitrogens with zero attached hydrogens (tertiary/aromatic N) is 3. The third-order valence-electron chi connectivity index (χ3n) is 7.33. The molecule has 3 aromatic carbocycles. The van der Waals surface area contributed by atoms with Gasteiger partial charge in [0.1, 0.15) is 0 Å². The summed E-state index contributed by atoms with van der Waals surface area (Å²) in [6.07, 6.45) is 8.79. The van der Waals surface area contributed by atoms with E-state index >= 15 is 0 Å². The highest BCUT2D eigenvalue weighted by Gasteiger charge is 2.20. The number of ether oxygens (including phenoxy) is 2. The summed E-state index contributed by atoms with van der Waals surface area (Å²) in [5.41, 5.74) is 12.7. The van der Waals surface area contributed by atoms with Crippen molar-refractivity contribution in [1.29, 1.82) is 0 Å². The smallest absolute Gasteiger partial charge is 0.168 e. The summed E-state index contributed by atoms with van der Waals surface area (Å²) in [6.45, 7) is 3.58. The Morgan fingerprint density at radius 2 is 1.87 bits per heavy atom. The third-order valence-corrected chi connectivity index (χ3v) is 7.33. The van der Waals surface area contributed by atoms with Crippen LogP contribution in [0.4, 0.5) is 11.4 Å². The first-order valence-electron chi connectivity index (χ1n) is 13.1. The fourth-order valence-electron chi connectivity index (χ4n) is 4.99. The summed E-state index contributed by atoms with van der Waals surface area (Å²) in [5, 5.41) is 1.89. The highest BCUT2D eigenvalue weighted by atomic mass is 16.5. The molecule has 198 valence electrons. The Bertz CT molecular complexity index is 1570. The molecular weight excluding hydrogens is 484 g/mol. The van der Waals surface area contributed by atoms with E-state index in [-0.39, 0.29) is 0 Å². The molecule has 0 unspecified atom stereocenters. The third kappa shape index (κ3) is 5.55. The summed E-state index contributed by atoms with van der Waals surface area (Å²) in [5.74, 6) is 7.99. The standard InChI is InChI=1S/C33H34N4O2/c1-23(17-24-9-6-5-7-10-24)36(2)15-8-11-25-18-27(21-35-20-25)37-16-14-28-26(22-37)19-30-29(32(28)34)12-13-31(38-3)33(30)39-4/h5-7,9-10,12-14,16,18-21,23H,15,17,22,34H2,1-4H3/t23-/m1/s1. The van der Waals surface area contributed by atoms with Crippen LogP contribution < -0.4 is 20.1 Å². The SMILES string of the molecule is COc1ccc2c(N)c3c(cc2c1OC)CN(c1cncc(C#CCN(C)[C@H](C)Cc2ccccc2)c1)C=C3. The number of methoxy groups -OCH3 is 2. The number of hydrogen-bond donors (Lipinski definition) is 1. The van der Waals surface area contributed by atoms with E-state index in [1.54, 1.807) is 14.2 Å². The van der Waals surface area contributed by atoms with Gasteiger partial charge in [0.05, 0.1) is 32.6 Å². The van der Waals surface area contributed by atoms with Gasteiger partial charge < -0.3 is 20.1 Å². The number of nitrogens with two attached hydrogens (primary N) is 1. The van der Waals surface area contributed by atoms with E-state index in [4.69, 9.17) is 15.2 Å². The normalized spacial score (nSPS) is 13.1. The quantitative estimate of drug-likeness (QED) is 0.249. The van der Waals surface area contributed by atoms with Gasteiger partial charge in [-0.2, -0.15) is 0 Å². The van der Waals surface area contributed by atoms with Gasteiger partial charge in [-0.3, -0.25) is 9.88 Å². The van der Waals surface area contributed by atoms with E-state index in [1.165, 1.54) is 5.56 Å². The van der Waals surface area contributed by atoms with Crippen molar-refractivity contribution >= 4 is 28.2 Å². The maximum Gasteiger partial charge on any atom is 0.168 e. The Balaban J connectivity index is 1.32. The Hall–Kier alpha value is -4.47. The van der Waals surface area contributed by atoms with Gasteiger partial charge in [0.15, 0.2) is 11.5 Å². The highest BCUT2D eigenvalue weighted by Crippen LogP contribution is 2.41. The first-order chi connectivity index (χ1) is 19.0. The number of benzene rings is 3. The fraction of sp³-hybridized carbons (Fsp3) is 0.242. The van der Waals surface area contributed by atoms with Gasteiger partial charge >= 0.3 is 0 Å². The maximum absolute atomic E-state index is 6.61. The Morgan fingerprint density at radius 1 is 1.05 bits per heavy atom. The van der Waals surface area contributed by atoms with E-state index in [2.05, 4.69) is 95.3 Å². The topological polar surface area (TPSA) is 63.9 Å². The molecule has 2 N–H and O–H groups in total. The van der Waals surface area contributed by atoms with Crippen molar-refractivity contribution in [1.82, 2.24) is 9.88 Å². The molecule has 0 amide bonds. The predicted octanol–water partition coefficient (Wildman–Crippen LogP) is 5.74. The molecule has 39 heavy (non-hydrogen) atoms. The van der Waals surface area contributed by atoms with Crippen molar-refractivity contribution in [3.8, 4) is 23.3 Å². The molecule has 4 aromatic rings. The van der Waals surface area contributed by atoms with Crippen LogP contribution in [-0.4, -0.2) is 43.7 Å². The molecule has 1 aliphatic rings. The first-order valence-corrected chi connectivity index (χ1v) is 13.1. The number of anilines is 2. The predicted molar refractivity (Wildman–Crippen MR) is 160 cm³/mol. The van der Waals surface area contributed by atoms with Gasteiger partial charge in [-0.15, -0.1) is 0 Å². The number of hydrogen-bond acceptors (Lipinski definition) is 6. The van der Waals surface area contributed by atoms with Crippen LogP contribution in [0.15, 0.2) is 73.2 Å². The number of aromatic nitrogens is 1. The van der Waals surface area contributed by atoms with E-state index in [9.17, 15) is 0 Å². The molecule has 0 fully saturated rings. The molecule has 0 aliphatic carbocycles. The average molecular weight is 519 g/mol. The first kappa shape index (κ1) is 26.1. The summed E-state index contributed by atoms with van der Waals surface area (Å²) in [6, 6.07) is 19.1. The fourth-order valence-corrected chi connectivity index (χ4v) is 4.99. The van der Waals surface area contributed by atoms with Crippen LogP contribution >= 0.6 is 0 Å². The summed E-state index contributed by atoms with van der Waals surface area (Å²) < 4.78 is 11.2. The monoisotopic (exact) mass is 518 g/mol. The molecule has 6 heteroatoms. The number of rotatable bonds is 7. The van der Waals surface area contributed by atoms with Crippen LogP contribution in [0.2, 0.25) is 0 Å². The van der Waals surface area contributed by atoms with Gasteiger partial charge in [-0.05, 0) is 61.9 Å². The Labute approximate surface area is 230 Å². The van der Waals surface area contributed by atoms with Crippen LogP contribution in [-0.2, 0) is 13.0 Å². The molecule has 1 aliphatic heterocycles. The number of nitrogen functional groups attached to an aromatic ring is 1. The Kier molecular flexibility index (Phi) is 7.72. The van der Waals surface area contributed by atoms with E-state index < -0.39 is 0 Å². The molecule has 6 nitrogen and oxygen atoms in total. The van der Waals surface area contributed by atoms with Crippen LogP contribution in [0.25, 0.3) is 16.8 Å². The Morgan fingerprint density at radius 3 is 2.64 bits per heavy atom. The zero-order valence-corrected chi connectivity index (χ0v) is 22.9. The summed E-state index contributed by atoms with van der Waals surface area (Å²) >= 11 is 0. The minimum atomic E-state index is 0.395.